The van der Waals surface area contributed by atoms with Gasteiger partial charge in [0.2, 0.25) is 0 Å². The molecule has 0 saturated carbocycles. The molecule has 0 saturated heterocycles. The van der Waals surface area contributed by atoms with Crippen LogP contribution < -0.4 is 0 Å². The summed E-state index contributed by atoms with van der Waals surface area (Å²) in [7, 11) is 0. The molecule has 0 aliphatic rings. The summed E-state index contributed by atoms with van der Waals surface area (Å²) in [6.45, 7) is 13.1. The van der Waals surface area contributed by atoms with Crippen LogP contribution in [0.15, 0.2) is 63.3 Å². The molecule has 0 fully saturated rings. The normalized spacial score (nSPS) is 16.5. The Kier molecular flexibility index (Phi) is 11.2. The van der Waals surface area contributed by atoms with Crippen LogP contribution in [0.4, 0.5) is 0 Å². The van der Waals surface area contributed by atoms with Crippen molar-refractivity contribution in [3.05, 3.63) is 63.3 Å². The summed E-state index contributed by atoms with van der Waals surface area (Å²) in [5.74, 6) is -27.8. The predicted molar refractivity (Wildman–Crippen MR) is 114 cm³/mol. The molecule has 0 aromatic rings. The third-order valence-corrected chi connectivity index (χ3v) is 4.06. The summed E-state index contributed by atoms with van der Waals surface area (Å²) in [6.07, 6.45) is -1.79. The van der Waals surface area contributed by atoms with Gasteiger partial charge in [0.15, 0.2) is 0 Å². The lowest BCUT2D eigenvalue weighted by Crippen LogP contribution is -2.82. The number of carbonyl (C=O) groups excluding carboxylic acids is 5. The van der Waals surface area contributed by atoms with Crippen LogP contribution in [-0.4, -0.2) is 96.5 Å². The maximum Gasteiger partial charge on any atom is 0.451 e. The van der Waals surface area contributed by atoms with Gasteiger partial charge in [0.25, 0.3) is 0 Å². The van der Waals surface area contributed by atoms with Gasteiger partial charge in [0.05, 0.1) is 6.61 Å². The van der Waals surface area contributed by atoms with E-state index in [1.807, 2.05) is 0 Å². The van der Waals surface area contributed by atoms with Crippen molar-refractivity contribution < 1.29 is 78.3 Å². The van der Waals surface area contributed by atoms with Gasteiger partial charge in [-0.1, -0.05) is 32.9 Å². The molecule has 16 heteroatoms. The quantitative estimate of drug-likeness (QED) is 0.0522. The van der Waals surface area contributed by atoms with E-state index in [9.17, 15) is 54.6 Å². The first-order chi connectivity index (χ1) is 17.0. The number of rotatable bonds is 15. The fourth-order valence-electron chi connectivity index (χ4n) is 2.30. The fourth-order valence-corrected chi connectivity index (χ4v) is 2.30. The Morgan fingerprint density at radius 1 is 0.595 bits per heavy atom. The molecule has 0 amide bonds. The molecule has 37 heavy (non-hydrogen) atoms. The smallest absolute Gasteiger partial charge is 0.419 e. The third-order valence-electron chi connectivity index (χ3n) is 4.06. The van der Waals surface area contributed by atoms with Gasteiger partial charge in [-0.2, -0.15) is 0 Å². The highest BCUT2D eigenvalue weighted by Crippen LogP contribution is 2.46. The average molecular weight is 532 g/mol. The average Bonchev–Trinajstić information content (AvgIpc) is 2.86. The Balaban J connectivity index is 7.98. The molecule has 0 aliphatic carbocycles. The maximum absolute atomic E-state index is 12.1. The molecule has 6 N–H and O–H groups in total. The Bertz CT molecular complexity index is 963. The number of hydrogen-bond donors (Lipinski definition) is 6. The number of aliphatic hydroxyl groups excluding tert-OH is 2. The molecular weight excluding hydrogens is 508 g/mol. The predicted octanol–water partition coefficient (Wildman–Crippen LogP) is -3.30. The van der Waals surface area contributed by atoms with Crippen molar-refractivity contribution in [1.29, 1.82) is 0 Å². The fraction of sp³-hybridized carbons (Fsp3) is 0.286. The Labute approximate surface area is 208 Å². The van der Waals surface area contributed by atoms with Gasteiger partial charge < -0.3 is 54.3 Å². The van der Waals surface area contributed by atoms with Gasteiger partial charge in [-0.3, -0.25) is 0 Å². The lowest BCUT2D eigenvalue weighted by Gasteiger charge is -2.51. The number of ether oxygens (including phenoxy) is 5. The molecule has 4 atom stereocenters. The van der Waals surface area contributed by atoms with Crippen molar-refractivity contribution in [3.8, 4) is 0 Å². The van der Waals surface area contributed by atoms with Gasteiger partial charge >= 0.3 is 53.2 Å². The summed E-state index contributed by atoms with van der Waals surface area (Å²) >= 11 is 0. The zero-order chi connectivity index (χ0) is 29.2. The van der Waals surface area contributed by atoms with Gasteiger partial charge in [-0.15, -0.1) is 0 Å². The van der Waals surface area contributed by atoms with Gasteiger partial charge in [-0.25, -0.2) is 24.0 Å². The zero-order valence-corrected chi connectivity index (χ0v) is 19.0. The lowest BCUT2D eigenvalue weighted by atomic mass is 9.88. The Morgan fingerprint density at radius 2 is 0.892 bits per heavy atom. The highest BCUT2D eigenvalue weighted by molar-refractivity contribution is 5.85. The molecule has 0 heterocycles. The van der Waals surface area contributed by atoms with Gasteiger partial charge in [0, 0.05) is 30.4 Å². The number of aliphatic hydroxyl groups is 6. The van der Waals surface area contributed by atoms with Crippen LogP contribution >= 0.6 is 0 Å². The molecule has 204 valence electrons. The molecule has 0 aromatic carbocycles. The summed E-state index contributed by atoms with van der Waals surface area (Å²) in [5, 5.41) is 64.4. The molecule has 0 bridgehead atoms. The van der Waals surface area contributed by atoms with Gasteiger partial charge in [0.1, 0.15) is 6.10 Å². The summed E-state index contributed by atoms with van der Waals surface area (Å²) in [6, 6.07) is 0. The van der Waals surface area contributed by atoms with E-state index in [2.05, 4.69) is 56.6 Å². The second-order valence-corrected chi connectivity index (χ2v) is 6.39. The second kappa shape index (κ2) is 12.7. The molecule has 0 rings (SSSR count). The molecule has 0 aromatic heterocycles. The summed E-state index contributed by atoms with van der Waals surface area (Å²) in [5.41, 5.74) is 0. The van der Waals surface area contributed by atoms with Crippen molar-refractivity contribution in [2.75, 3.05) is 6.61 Å². The summed E-state index contributed by atoms with van der Waals surface area (Å²) < 4.78 is 21.9. The van der Waals surface area contributed by atoms with Crippen LogP contribution in [0.3, 0.4) is 0 Å². The third kappa shape index (κ3) is 6.53. The number of esters is 5. The van der Waals surface area contributed by atoms with E-state index in [0.717, 1.165) is 0 Å². The monoisotopic (exact) mass is 532 g/mol. The van der Waals surface area contributed by atoms with Crippen molar-refractivity contribution in [3.63, 3.8) is 0 Å². The number of hydrogen-bond acceptors (Lipinski definition) is 16. The second-order valence-electron chi connectivity index (χ2n) is 6.39. The minimum atomic E-state index is -4.84. The minimum absolute atomic E-state index is 0.211. The Morgan fingerprint density at radius 3 is 1.22 bits per heavy atom. The van der Waals surface area contributed by atoms with Crippen LogP contribution in [0.1, 0.15) is 0 Å². The first kappa shape index (κ1) is 32.8. The van der Waals surface area contributed by atoms with Crippen LogP contribution in [0, 0.1) is 0 Å². The first-order valence-corrected chi connectivity index (χ1v) is 9.46. The highest BCUT2D eigenvalue weighted by atomic mass is 16.9. The molecule has 0 aliphatic heterocycles. The van der Waals surface area contributed by atoms with E-state index in [1.54, 1.807) is 0 Å². The Hall–Kier alpha value is -4.19. The van der Waals surface area contributed by atoms with E-state index >= 15 is 0 Å². The van der Waals surface area contributed by atoms with Crippen molar-refractivity contribution >= 4 is 29.8 Å². The standard InChI is InChI=1S/C21H24O16/c1-6-13(24)33-18(29,12(23)11-22)19(30,34-14(25)7-2)20(31,35-15(26)8-3)21(32,36-16(27)9-4)37-17(28)10-5/h6-10,12,22-23,29-32H,1-5,11H2/t12-,18-,19-,20-/m1/s1. The van der Waals surface area contributed by atoms with Crippen molar-refractivity contribution in [2.24, 2.45) is 0 Å². The molecule has 0 spiro atoms. The maximum atomic E-state index is 12.1. The van der Waals surface area contributed by atoms with E-state index in [-0.39, 0.29) is 30.4 Å². The minimum Gasteiger partial charge on any atom is -0.419 e. The van der Waals surface area contributed by atoms with Crippen molar-refractivity contribution in [2.45, 2.75) is 29.4 Å². The van der Waals surface area contributed by atoms with E-state index in [4.69, 9.17) is 0 Å². The highest BCUT2D eigenvalue weighted by Gasteiger charge is 2.83. The molecule has 16 nitrogen and oxygen atoms in total. The van der Waals surface area contributed by atoms with E-state index in [0.29, 0.717) is 0 Å². The molecule has 0 radical (unpaired) electrons. The van der Waals surface area contributed by atoms with E-state index in [1.165, 1.54) is 0 Å². The zero-order valence-electron chi connectivity index (χ0n) is 19.0. The SMILES string of the molecule is C=CC(=O)OC(O)(OC(=O)C=C)[C@](O)(OC(=O)C=C)[C@](O)(OC(=O)C=C)[C@](O)(OC(=O)C=C)[C@H](O)CO. The lowest BCUT2D eigenvalue weighted by molar-refractivity contribution is -0.539. The number of carbonyl (C=O) groups is 5. The van der Waals surface area contributed by atoms with Crippen molar-refractivity contribution in [1.82, 2.24) is 0 Å². The molecule has 0 unspecified atom stereocenters. The first-order valence-electron chi connectivity index (χ1n) is 9.46. The van der Waals surface area contributed by atoms with Crippen LogP contribution in [-0.2, 0) is 47.7 Å². The topological polar surface area (TPSA) is 253 Å². The van der Waals surface area contributed by atoms with Crippen LogP contribution in [0.25, 0.3) is 0 Å². The molecular formula is C21H24O16. The van der Waals surface area contributed by atoms with E-state index < -0.39 is 65.9 Å². The summed E-state index contributed by atoms with van der Waals surface area (Å²) in [4.78, 5) is 60.0. The van der Waals surface area contributed by atoms with Crippen LogP contribution in [0.5, 0.6) is 0 Å². The van der Waals surface area contributed by atoms with Crippen LogP contribution in [0.2, 0.25) is 0 Å². The van der Waals surface area contributed by atoms with Gasteiger partial charge in [-0.05, 0) is 0 Å². The largest absolute Gasteiger partial charge is 0.451 e.